The number of phosphoric acid groups is 2. The van der Waals surface area contributed by atoms with Crippen LogP contribution in [0.5, 0.6) is 0 Å². The van der Waals surface area contributed by atoms with Crippen LogP contribution in [0.3, 0.4) is 0 Å². The maximum atomic E-state index is 15.2. The molecule has 7 heterocycles. The fourth-order valence-electron chi connectivity index (χ4n) is 7.23. The standard InChI is InChI=1S/C39H56N14O13P2Si/c1-23-28-24(62-35(23)52-21-42-26-31(52)46-37(48-33(26)54)44-19-50(5)6)17-60-68(57,59-16-12-14-41)65-29-25(18-61-67(56,64-28)58-15-11-13-40)63-36(30(29)66-69(9,10)39(2,3)4)53-22-43-27-32(53)47-38(49-34(27)55)45-20-51(7)8/h19-25,28-30,35-36H,11-12,15-18H2,1-10H3,(H,46,48,54)(H,47,49,55)/t23-,24+,25+,28?,29-,30?,35+,36+,67?,68?/m0/s1. The number of aromatic nitrogens is 8. The van der Waals surface area contributed by atoms with E-state index in [-0.39, 0.29) is 60.3 Å². The molecule has 7 rings (SSSR count). The first-order valence-corrected chi connectivity index (χ1v) is 27.6. The van der Waals surface area contributed by atoms with Gasteiger partial charge < -0.3 is 23.7 Å². The Kier molecular flexibility index (Phi) is 15.6. The zero-order chi connectivity index (χ0) is 50.1. The number of fused-ring (bicyclic) bond motifs is 4. The van der Waals surface area contributed by atoms with Crippen LogP contribution < -0.4 is 11.1 Å². The number of nitrogens with one attached hydrogen (secondary N) is 2. The number of phosphoric ester groups is 2. The molecule has 4 aromatic rings. The number of ether oxygens (including phenoxy) is 2. The number of imidazole rings is 2. The number of aliphatic imine (C=N–C) groups is 2. The Morgan fingerprint density at radius 2 is 1.26 bits per heavy atom. The van der Waals surface area contributed by atoms with E-state index in [9.17, 15) is 24.7 Å². The first kappa shape index (κ1) is 51.8. The molecule has 10 atom stereocenters. The quantitative estimate of drug-likeness (QED) is 0.0581. The Balaban J connectivity index is 1.32. The lowest BCUT2D eigenvalue weighted by atomic mass is 10.0. The SMILES string of the molecule is C[C@H]1C2OP(=O)(OCCC#N)OC[C@H]3O[C@@H](n4cnc5c(=O)[nH]c(N=CN(C)C)nc54)C(O[Si](C)(C)C(C)(C)C)[C@H]3OP(=O)(OCCC#N)OC[C@H]2O[C@H]1n1cnc2c(=O)[nH]c(N=CN(C)C)nc21. The number of rotatable bonds is 14. The minimum atomic E-state index is -4.80. The fourth-order valence-corrected chi connectivity index (χ4v) is 11.4. The van der Waals surface area contributed by atoms with Crippen LogP contribution in [0, 0.1) is 28.6 Å². The van der Waals surface area contributed by atoms with Gasteiger partial charge in [0, 0.05) is 34.1 Å². The fraction of sp³-hybridized carbons (Fsp3) is 0.641. The Bertz CT molecular complexity index is 2870. The molecule has 30 heteroatoms. The van der Waals surface area contributed by atoms with Gasteiger partial charge >= 0.3 is 15.6 Å². The highest BCUT2D eigenvalue weighted by atomic mass is 31.2. The van der Waals surface area contributed by atoms with Crippen molar-refractivity contribution in [2.75, 3.05) is 54.6 Å². The molecule has 0 aromatic carbocycles. The van der Waals surface area contributed by atoms with E-state index < -0.39 is 102 Å². The second-order valence-corrected chi connectivity index (χ2v) is 26.3. The van der Waals surface area contributed by atoms with Crippen LogP contribution in [0.15, 0.2) is 32.2 Å². The number of nitrogens with zero attached hydrogens (tertiary/aromatic N) is 12. The van der Waals surface area contributed by atoms with Gasteiger partial charge in [-0.2, -0.15) is 20.5 Å². The highest BCUT2D eigenvalue weighted by molar-refractivity contribution is 7.48. The molecule has 3 aliphatic rings. The lowest BCUT2D eigenvalue weighted by Crippen LogP contribution is -2.49. The molecule has 0 bridgehead atoms. The van der Waals surface area contributed by atoms with E-state index in [0.29, 0.717) is 0 Å². The van der Waals surface area contributed by atoms with E-state index in [2.05, 4.69) is 39.9 Å². The summed E-state index contributed by atoms with van der Waals surface area (Å²) in [5.74, 6) is -0.851. The van der Waals surface area contributed by atoms with Crippen molar-refractivity contribution in [3.05, 3.63) is 33.4 Å². The first-order chi connectivity index (χ1) is 32.6. The van der Waals surface area contributed by atoms with E-state index in [1.807, 2.05) is 46.0 Å². The van der Waals surface area contributed by atoms with Crippen molar-refractivity contribution in [2.24, 2.45) is 15.9 Å². The molecule has 4 aromatic heterocycles. The van der Waals surface area contributed by atoms with Gasteiger partial charge in [0.25, 0.3) is 11.1 Å². The van der Waals surface area contributed by atoms with Gasteiger partial charge in [0.05, 0.1) is 76.7 Å². The minimum absolute atomic E-state index is 0.0213. The van der Waals surface area contributed by atoms with E-state index in [0.717, 1.165) is 0 Å². The molecule has 0 spiro atoms. The smallest absolute Gasteiger partial charge is 0.407 e. The highest BCUT2D eigenvalue weighted by Gasteiger charge is 2.57. The van der Waals surface area contributed by atoms with Crippen molar-refractivity contribution in [3.8, 4) is 12.1 Å². The predicted molar refractivity (Wildman–Crippen MR) is 248 cm³/mol. The van der Waals surface area contributed by atoms with E-state index in [4.69, 9.17) is 41.0 Å². The van der Waals surface area contributed by atoms with Crippen LogP contribution in [0.25, 0.3) is 22.3 Å². The van der Waals surface area contributed by atoms with Crippen molar-refractivity contribution in [3.63, 3.8) is 0 Å². The van der Waals surface area contributed by atoms with Crippen molar-refractivity contribution < 1.29 is 50.2 Å². The number of hydrogen-bond donors (Lipinski definition) is 2. The summed E-state index contributed by atoms with van der Waals surface area (Å²) in [5.41, 5.74) is -1.12. The topological polar surface area (TPSA) is 323 Å². The summed E-state index contributed by atoms with van der Waals surface area (Å²) in [6.45, 7) is 9.66. The lowest BCUT2D eigenvalue weighted by Gasteiger charge is -2.41. The van der Waals surface area contributed by atoms with Crippen molar-refractivity contribution in [2.45, 2.75) is 102 Å². The second kappa shape index (κ2) is 20.7. The summed E-state index contributed by atoms with van der Waals surface area (Å²) in [6.07, 6.45) is -3.60. The van der Waals surface area contributed by atoms with Crippen molar-refractivity contribution in [1.82, 2.24) is 48.8 Å². The Morgan fingerprint density at radius 3 is 1.72 bits per heavy atom. The largest absolute Gasteiger partial charge is 0.475 e. The molecular formula is C39H56N14O13P2Si. The third-order valence-corrected chi connectivity index (χ3v) is 19.0. The molecule has 0 amide bonds. The van der Waals surface area contributed by atoms with E-state index in [1.54, 1.807) is 44.9 Å². The van der Waals surface area contributed by atoms with Crippen molar-refractivity contribution >= 4 is 70.9 Å². The van der Waals surface area contributed by atoms with Gasteiger partial charge in [-0.15, -0.1) is 0 Å². The Hall–Kier alpha value is -5.06. The summed E-state index contributed by atoms with van der Waals surface area (Å²) in [5, 5.41) is 18.5. The zero-order valence-electron chi connectivity index (χ0n) is 39.7. The third-order valence-electron chi connectivity index (χ3n) is 11.6. The van der Waals surface area contributed by atoms with Crippen LogP contribution in [-0.2, 0) is 50.2 Å². The van der Waals surface area contributed by atoms with Gasteiger partial charge in [-0.1, -0.05) is 27.7 Å². The summed E-state index contributed by atoms with van der Waals surface area (Å²) >= 11 is 0. The molecule has 3 fully saturated rings. The average molecular weight is 1020 g/mol. The number of aromatic amines is 2. The van der Waals surface area contributed by atoms with Gasteiger partial charge in [-0.3, -0.25) is 55.8 Å². The molecule has 2 N–H and O–H groups in total. The second-order valence-electron chi connectivity index (χ2n) is 18.3. The van der Waals surface area contributed by atoms with Gasteiger partial charge in [0.2, 0.25) is 11.9 Å². The molecule has 374 valence electrons. The predicted octanol–water partition coefficient (Wildman–Crippen LogP) is 4.41. The number of H-pyrrole nitrogens is 2. The molecule has 3 saturated heterocycles. The Morgan fingerprint density at radius 1 is 0.812 bits per heavy atom. The molecule has 0 radical (unpaired) electrons. The maximum Gasteiger partial charge on any atom is 0.475 e. The lowest BCUT2D eigenvalue weighted by molar-refractivity contribution is -0.0703. The van der Waals surface area contributed by atoms with Gasteiger partial charge in [0.15, 0.2) is 36.9 Å². The highest BCUT2D eigenvalue weighted by Crippen LogP contribution is 2.59. The van der Waals surface area contributed by atoms with Crippen molar-refractivity contribution in [1.29, 1.82) is 10.5 Å². The molecule has 27 nitrogen and oxygen atoms in total. The summed E-state index contributed by atoms with van der Waals surface area (Å²) in [4.78, 5) is 61.1. The monoisotopic (exact) mass is 1020 g/mol. The van der Waals surface area contributed by atoms with Gasteiger partial charge in [0.1, 0.15) is 36.7 Å². The maximum absolute atomic E-state index is 15.2. The zero-order valence-corrected chi connectivity index (χ0v) is 42.5. The third kappa shape index (κ3) is 11.4. The molecule has 4 unspecified atom stereocenters. The minimum Gasteiger partial charge on any atom is -0.407 e. The normalized spacial score (nSPS) is 29.2. The summed E-state index contributed by atoms with van der Waals surface area (Å²) in [6, 6.07) is 3.90. The van der Waals surface area contributed by atoms with E-state index >= 15 is 4.57 Å². The van der Waals surface area contributed by atoms with Crippen LogP contribution in [0.4, 0.5) is 11.9 Å². The Labute approximate surface area is 397 Å². The van der Waals surface area contributed by atoms with E-state index in [1.165, 1.54) is 34.5 Å². The number of hydrogen-bond acceptors (Lipinski definition) is 21. The molecular weight excluding hydrogens is 963 g/mol. The number of nitriles is 2. The molecule has 3 aliphatic heterocycles. The van der Waals surface area contributed by atoms with Gasteiger partial charge in [-0.25, -0.2) is 29.1 Å². The van der Waals surface area contributed by atoms with Gasteiger partial charge in [-0.05, 0) is 18.1 Å². The van der Waals surface area contributed by atoms with Crippen LogP contribution in [0.1, 0.15) is 53.0 Å². The van der Waals surface area contributed by atoms with Crippen LogP contribution >= 0.6 is 15.6 Å². The first-order valence-electron chi connectivity index (χ1n) is 21.8. The summed E-state index contributed by atoms with van der Waals surface area (Å²) in [7, 11) is -5.43. The average Bonchev–Trinajstić information content (AvgIpc) is 4.04. The molecule has 0 aliphatic carbocycles. The van der Waals surface area contributed by atoms with Crippen LogP contribution in [-0.4, -0.2) is 155 Å². The molecule has 0 saturated carbocycles. The molecule has 69 heavy (non-hydrogen) atoms. The summed E-state index contributed by atoms with van der Waals surface area (Å²) < 4.78 is 89.9. The van der Waals surface area contributed by atoms with Crippen LogP contribution in [0.2, 0.25) is 18.1 Å².